The number of carboxylic acid groups (broad SMARTS) is 1. The Bertz CT molecular complexity index is 1640. The first-order chi connectivity index (χ1) is 25.8. The van der Waals surface area contributed by atoms with Crippen molar-refractivity contribution in [1.82, 2.24) is 5.32 Å². The average molecular weight is 756 g/mol. The topological polar surface area (TPSA) is 103 Å². The number of hydrogen-bond donors (Lipinski definition) is 2. The van der Waals surface area contributed by atoms with Gasteiger partial charge in [0.15, 0.2) is 0 Å². The van der Waals surface area contributed by atoms with Crippen LogP contribution in [0.5, 0.6) is 0 Å². The Hall–Kier alpha value is -3.93. The lowest BCUT2D eigenvalue weighted by molar-refractivity contribution is -0.136. The molecule has 0 heterocycles. The van der Waals surface area contributed by atoms with E-state index < -0.39 is 20.1 Å². The summed E-state index contributed by atoms with van der Waals surface area (Å²) in [5.74, 6) is 0.752. The number of aliphatic carboxylic acids is 1. The van der Waals surface area contributed by atoms with E-state index in [4.69, 9.17) is 23.4 Å². The molecule has 0 saturated heterocycles. The van der Waals surface area contributed by atoms with E-state index >= 15 is 0 Å². The van der Waals surface area contributed by atoms with E-state index in [9.17, 15) is 9.59 Å². The number of fused-ring (bicyclic) bond motifs is 3. The van der Waals surface area contributed by atoms with Crippen molar-refractivity contribution in [2.24, 2.45) is 0 Å². The van der Waals surface area contributed by atoms with Gasteiger partial charge >= 0.3 is 20.6 Å². The summed E-state index contributed by atoms with van der Waals surface area (Å²) in [6.45, 7) is 6.50. The van der Waals surface area contributed by atoms with Crippen molar-refractivity contribution in [3.63, 3.8) is 0 Å². The van der Waals surface area contributed by atoms with Crippen molar-refractivity contribution >= 4 is 42.8 Å². The Morgan fingerprint density at radius 2 is 1.32 bits per heavy atom. The van der Waals surface area contributed by atoms with Gasteiger partial charge in [-0.3, -0.25) is 4.79 Å². The van der Waals surface area contributed by atoms with Gasteiger partial charge in [-0.25, -0.2) is 4.79 Å². The van der Waals surface area contributed by atoms with E-state index in [1.807, 2.05) is 60.7 Å². The van der Waals surface area contributed by atoms with E-state index in [0.717, 1.165) is 48.2 Å². The van der Waals surface area contributed by atoms with Gasteiger partial charge in [0.2, 0.25) is 0 Å². The molecule has 0 aromatic heterocycles. The molecule has 1 aliphatic carbocycles. The molecule has 4 aromatic carbocycles. The molecule has 5 rings (SSSR count). The summed E-state index contributed by atoms with van der Waals surface area (Å²) in [6, 6.07) is 37.2. The minimum Gasteiger partial charge on any atom is -0.481 e. The number of benzene rings is 4. The second-order valence-electron chi connectivity index (χ2n) is 13.9. The Balaban J connectivity index is 1.07. The quantitative estimate of drug-likeness (QED) is 0.0585. The van der Waals surface area contributed by atoms with Crippen LogP contribution in [-0.2, 0) is 23.1 Å². The number of ether oxygens (including phenoxy) is 2. The van der Waals surface area contributed by atoms with E-state index in [0.29, 0.717) is 38.7 Å². The number of nitrogens with one attached hydrogen (secondary N) is 1. The molecule has 53 heavy (non-hydrogen) atoms. The van der Waals surface area contributed by atoms with Crippen LogP contribution in [0, 0.1) is 0 Å². The fourth-order valence-corrected chi connectivity index (χ4v) is 11.0. The molecule has 0 spiro atoms. The van der Waals surface area contributed by atoms with Gasteiger partial charge in [0.1, 0.15) is 6.61 Å². The number of carbonyl (C=O) groups excluding carboxylic acids is 1. The summed E-state index contributed by atoms with van der Waals surface area (Å²) in [7, 11) is -3.15. The summed E-state index contributed by atoms with van der Waals surface area (Å²) in [5, 5.41) is 13.9. The third-order valence-corrected chi connectivity index (χ3v) is 13.9. The van der Waals surface area contributed by atoms with E-state index in [1.165, 1.54) is 22.3 Å². The first-order valence-electron chi connectivity index (χ1n) is 18.7. The lowest BCUT2D eigenvalue weighted by Gasteiger charge is -2.39. The van der Waals surface area contributed by atoms with Crippen molar-refractivity contribution in [1.29, 1.82) is 0 Å². The maximum absolute atomic E-state index is 12.6. The van der Waals surface area contributed by atoms with E-state index in [-0.39, 0.29) is 18.4 Å². The van der Waals surface area contributed by atoms with Crippen molar-refractivity contribution in [2.75, 3.05) is 44.5 Å². The molecule has 0 unspecified atom stereocenters. The van der Waals surface area contributed by atoms with Gasteiger partial charge in [0.25, 0.3) is 0 Å². The largest absolute Gasteiger partial charge is 0.481 e. The van der Waals surface area contributed by atoms with Gasteiger partial charge in [0.05, 0.1) is 18.6 Å². The average Bonchev–Trinajstić information content (AvgIpc) is 3.49. The van der Waals surface area contributed by atoms with Crippen LogP contribution in [-0.4, -0.2) is 75.8 Å². The van der Waals surface area contributed by atoms with Crippen molar-refractivity contribution in [3.8, 4) is 11.1 Å². The van der Waals surface area contributed by atoms with Gasteiger partial charge < -0.3 is 28.7 Å². The van der Waals surface area contributed by atoms with Gasteiger partial charge in [-0.1, -0.05) is 122 Å². The minimum absolute atomic E-state index is 0.0462. The highest BCUT2D eigenvalue weighted by molar-refractivity contribution is 7.99. The lowest BCUT2D eigenvalue weighted by Crippen LogP contribution is -2.66. The first kappa shape index (κ1) is 40.3. The zero-order valence-corrected chi connectivity index (χ0v) is 32.8. The second kappa shape index (κ2) is 20.5. The third kappa shape index (κ3) is 11.8. The SMILES string of the molecule is CC(C)(COCCCSCCC(=O)O)O[Si](OCCCCCCNC(=O)OCC1c2ccccc2-c2ccccc21)(c1ccccc1)c1ccccc1. The highest BCUT2D eigenvalue weighted by Crippen LogP contribution is 2.44. The third-order valence-electron chi connectivity index (χ3n) is 9.20. The minimum atomic E-state index is -3.15. The Morgan fingerprint density at radius 1 is 0.736 bits per heavy atom. The van der Waals surface area contributed by atoms with Crippen LogP contribution in [0.25, 0.3) is 11.1 Å². The van der Waals surface area contributed by atoms with Crippen LogP contribution in [0.15, 0.2) is 109 Å². The molecule has 1 amide bonds. The molecule has 2 N–H and O–H groups in total. The molecule has 0 saturated carbocycles. The Labute approximate surface area is 319 Å². The maximum atomic E-state index is 12.6. The molecular weight excluding hydrogens is 703 g/mol. The van der Waals surface area contributed by atoms with Gasteiger partial charge in [-0.05, 0) is 71.5 Å². The second-order valence-corrected chi connectivity index (χ2v) is 18.0. The maximum Gasteiger partial charge on any atom is 0.407 e. The van der Waals surface area contributed by atoms with Gasteiger partial charge in [-0.2, -0.15) is 11.8 Å². The molecule has 8 nitrogen and oxygen atoms in total. The predicted octanol–water partition coefficient (Wildman–Crippen LogP) is 7.77. The first-order valence-corrected chi connectivity index (χ1v) is 21.7. The van der Waals surface area contributed by atoms with Crippen LogP contribution in [0.2, 0.25) is 0 Å². The van der Waals surface area contributed by atoms with Crippen LogP contribution in [0.3, 0.4) is 0 Å². The summed E-state index contributed by atoms with van der Waals surface area (Å²) >= 11 is 1.64. The summed E-state index contributed by atoms with van der Waals surface area (Å²) in [6.07, 6.45) is 4.26. The van der Waals surface area contributed by atoms with Crippen molar-refractivity contribution < 1.29 is 33.0 Å². The molecule has 0 atom stereocenters. The number of amides is 1. The van der Waals surface area contributed by atoms with Crippen molar-refractivity contribution in [2.45, 2.75) is 63.9 Å². The number of rotatable bonds is 23. The molecule has 0 bridgehead atoms. The smallest absolute Gasteiger partial charge is 0.407 e. The highest BCUT2D eigenvalue weighted by atomic mass is 32.2. The normalized spacial score (nSPS) is 12.6. The summed E-state index contributed by atoms with van der Waals surface area (Å²) < 4.78 is 25.8. The zero-order valence-electron chi connectivity index (χ0n) is 31.0. The number of thioether (sulfide) groups is 1. The molecule has 0 fully saturated rings. The standard InChI is InChI=1S/C43H53NO7SSi/c1-43(2,33-48-28-17-30-52-31-26-41(45)46)51-53(34-18-7-5-8-19-34,35-20-9-6-10-21-35)50-29-16-4-3-15-27-44-42(47)49-32-40-38-24-13-11-22-36(38)37-23-12-14-25-39(37)40/h5-14,18-25,40H,3-4,15-17,26-33H2,1-2H3,(H,44,47)(H,45,46). The van der Waals surface area contributed by atoms with Crippen LogP contribution in [0.1, 0.15) is 69.4 Å². The molecule has 0 radical (unpaired) electrons. The number of carboxylic acids is 1. The summed E-state index contributed by atoms with van der Waals surface area (Å²) in [4.78, 5) is 23.4. The molecule has 10 heteroatoms. The number of hydrogen-bond acceptors (Lipinski definition) is 7. The Morgan fingerprint density at radius 3 is 1.94 bits per heavy atom. The number of carbonyl (C=O) groups is 2. The number of unbranched alkanes of at least 4 members (excludes halogenated alkanes) is 3. The fourth-order valence-electron chi connectivity index (χ4n) is 6.69. The van der Waals surface area contributed by atoms with Crippen LogP contribution in [0.4, 0.5) is 4.79 Å². The lowest BCUT2D eigenvalue weighted by atomic mass is 9.98. The van der Waals surface area contributed by atoms with Gasteiger partial charge in [0, 0.05) is 31.4 Å². The molecular formula is C43H53NO7SSi. The summed E-state index contributed by atoms with van der Waals surface area (Å²) in [5.41, 5.74) is 4.21. The fraction of sp³-hybridized carbons (Fsp3) is 0.395. The number of alkyl carbamates (subject to hydrolysis) is 1. The zero-order chi connectivity index (χ0) is 37.4. The molecule has 282 valence electrons. The molecule has 1 aliphatic rings. The predicted molar refractivity (Wildman–Crippen MR) is 216 cm³/mol. The molecule has 4 aromatic rings. The van der Waals surface area contributed by atoms with Gasteiger partial charge in [-0.15, -0.1) is 0 Å². The highest BCUT2D eigenvalue weighted by Gasteiger charge is 2.47. The van der Waals surface area contributed by atoms with E-state index in [1.54, 1.807) is 11.8 Å². The monoisotopic (exact) mass is 755 g/mol. The van der Waals surface area contributed by atoms with E-state index in [2.05, 4.69) is 67.7 Å². The van der Waals surface area contributed by atoms with Crippen LogP contribution >= 0.6 is 11.8 Å². The Kier molecular flexibility index (Phi) is 15.6. The van der Waals surface area contributed by atoms with Crippen LogP contribution < -0.4 is 15.7 Å². The molecule has 0 aliphatic heterocycles. The van der Waals surface area contributed by atoms with Crippen molar-refractivity contribution in [3.05, 3.63) is 120 Å².